The van der Waals surface area contributed by atoms with Crippen LogP contribution in [0, 0.1) is 5.92 Å². The van der Waals surface area contributed by atoms with E-state index < -0.39 is 0 Å². The molecule has 0 radical (unpaired) electrons. The highest BCUT2D eigenvalue weighted by molar-refractivity contribution is 4.88. The molecule has 13 heavy (non-hydrogen) atoms. The fraction of sp³-hybridized carbons (Fsp3) is 1.00. The maximum absolute atomic E-state index is 6.13. The Bertz CT molecular complexity index is 161. The summed E-state index contributed by atoms with van der Waals surface area (Å²) >= 11 is 0. The van der Waals surface area contributed by atoms with Gasteiger partial charge in [0, 0.05) is 18.1 Å². The van der Waals surface area contributed by atoms with Gasteiger partial charge in [0.15, 0.2) is 0 Å². The van der Waals surface area contributed by atoms with Gasteiger partial charge in [0.25, 0.3) is 0 Å². The molecule has 0 aromatic rings. The third-order valence-electron chi connectivity index (χ3n) is 3.42. The molecule has 2 N–H and O–H groups in total. The summed E-state index contributed by atoms with van der Waals surface area (Å²) in [6.07, 6.45) is 3.88. The first-order valence-electron chi connectivity index (χ1n) is 5.45. The first-order chi connectivity index (χ1) is 5.96. The van der Waals surface area contributed by atoms with Gasteiger partial charge in [-0.15, -0.1) is 0 Å². The lowest BCUT2D eigenvalue weighted by atomic mass is 9.99. The second-order valence-corrected chi connectivity index (χ2v) is 5.00. The number of nitrogens with two attached hydrogens (primary N) is 1. The van der Waals surface area contributed by atoms with Crippen LogP contribution in [-0.2, 0) is 0 Å². The van der Waals surface area contributed by atoms with Gasteiger partial charge in [-0.25, -0.2) is 0 Å². The van der Waals surface area contributed by atoms with E-state index in [2.05, 4.69) is 32.7 Å². The van der Waals surface area contributed by atoms with Crippen molar-refractivity contribution < 1.29 is 0 Å². The Balaban J connectivity index is 2.34. The predicted molar refractivity (Wildman–Crippen MR) is 57.7 cm³/mol. The zero-order valence-electron chi connectivity index (χ0n) is 9.51. The largest absolute Gasteiger partial charge is 0.324 e. The average Bonchev–Trinajstić information content (AvgIpc) is 2.85. The lowest BCUT2D eigenvalue weighted by molar-refractivity contribution is 0.186. The molecule has 0 aliphatic heterocycles. The van der Waals surface area contributed by atoms with Crippen molar-refractivity contribution in [2.75, 3.05) is 13.6 Å². The summed E-state index contributed by atoms with van der Waals surface area (Å²) in [5.74, 6) is 0.942. The normalized spacial score (nSPS) is 24.5. The van der Waals surface area contributed by atoms with Crippen LogP contribution < -0.4 is 5.73 Å². The molecule has 0 amide bonds. The van der Waals surface area contributed by atoms with E-state index in [0.717, 1.165) is 24.9 Å². The van der Waals surface area contributed by atoms with Crippen molar-refractivity contribution in [2.24, 2.45) is 11.7 Å². The van der Waals surface area contributed by atoms with Gasteiger partial charge in [0.05, 0.1) is 0 Å². The summed E-state index contributed by atoms with van der Waals surface area (Å²) in [6.45, 7) is 7.64. The quantitative estimate of drug-likeness (QED) is 0.706. The molecule has 78 valence electrons. The molecule has 0 spiro atoms. The van der Waals surface area contributed by atoms with Gasteiger partial charge in [-0.2, -0.15) is 0 Å². The van der Waals surface area contributed by atoms with Crippen molar-refractivity contribution in [2.45, 2.75) is 51.6 Å². The predicted octanol–water partition coefficient (Wildman–Crippen LogP) is 1.84. The summed E-state index contributed by atoms with van der Waals surface area (Å²) < 4.78 is 0. The molecule has 2 atom stereocenters. The Kier molecular flexibility index (Phi) is 3.36. The van der Waals surface area contributed by atoms with Crippen molar-refractivity contribution >= 4 is 0 Å². The highest BCUT2D eigenvalue weighted by atomic mass is 15.2. The summed E-state index contributed by atoms with van der Waals surface area (Å²) in [5.41, 5.74) is 6.12. The number of rotatable bonds is 5. The molecule has 1 fully saturated rings. The highest BCUT2D eigenvalue weighted by Gasteiger charge is 2.32. The van der Waals surface area contributed by atoms with E-state index in [1.807, 2.05) is 0 Å². The van der Waals surface area contributed by atoms with E-state index in [-0.39, 0.29) is 5.54 Å². The molecule has 2 unspecified atom stereocenters. The maximum Gasteiger partial charge on any atom is 0.0252 e. The van der Waals surface area contributed by atoms with Crippen LogP contribution in [0.1, 0.15) is 40.0 Å². The monoisotopic (exact) mass is 184 g/mol. The van der Waals surface area contributed by atoms with E-state index >= 15 is 0 Å². The van der Waals surface area contributed by atoms with Crippen LogP contribution in [0.15, 0.2) is 0 Å². The number of nitrogens with zero attached hydrogens (tertiary/aromatic N) is 1. The molecule has 2 heteroatoms. The number of hydrogen-bond donors (Lipinski definition) is 1. The van der Waals surface area contributed by atoms with Crippen LogP contribution in [0.3, 0.4) is 0 Å². The SMILES string of the molecule is CCC(C)(N)CN(C)C(C)C1CC1. The Hall–Kier alpha value is -0.0800. The van der Waals surface area contributed by atoms with Crippen LogP contribution >= 0.6 is 0 Å². The molecular formula is C11H24N2. The van der Waals surface area contributed by atoms with E-state index in [1.54, 1.807) is 0 Å². The molecule has 0 aromatic heterocycles. The van der Waals surface area contributed by atoms with Gasteiger partial charge < -0.3 is 10.6 Å². The Labute approximate surface area is 82.5 Å². The van der Waals surface area contributed by atoms with Crippen LogP contribution in [-0.4, -0.2) is 30.1 Å². The molecule has 0 bridgehead atoms. The van der Waals surface area contributed by atoms with Crippen molar-refractivity contribution in [1.29, 1.82) is 0 Å². The molecule has 0 aromatic carbocycles. The molecule has 0 heterocycles. The van der Waals surface area contributed by atoms with E-state index in [4.69, 9.17) is 5.73 Å². The van der Waals surface area contributed by atoms with Gasteiger partial charge in [-0.1, -0.05) is 6.92 Å². The molecule has 1 aliphatic rings. The first-order valence-corrected chi connectivity index (χ1v) is 5.45. The van der Waals surface area contributed by atoms with Gasteiger partial charge >= 0.3 is 0 Å². The fourth-order valence-corrected chi connectivity index (χ4v) is 1.76. The summed E-state index contributed by atoms with van der Waals surface area (Å²) in [5, 5.41) is 0. The molecular weight excluding hydrogens is 160 g/mol. The molecule has 1 rings (SSSR count). The fourth-order valence-electron chi connectivity index (χ4n) is 1.76. The van der Waals surface area contributed by atoms with Crippen LogP contribution in [0.5, 0.6) is 0 Å². The Morgan fingerprint density at radius 2 is 2.08 bits per heavy atom. The number of likely N-dealkylation sites (N-methyl/N-ethyl adjacent to an activating group) is 1. The summed E-state index contributed by atoms with van der Waals surface area (Å²) in [6, 6.07) is 0.717. The van der Waals surface area contributed by atoms with Crippen LogP contribution in [0.25, 0.3) is 0 Å². The smallest absolute Gasteiger partial charge is 0.0252 e. The zero-order chi connectivity index (χ0) is 10.1. The standard InChI is InChI=1S/C11H24N2/c1-5-11(3,12)8-13(4)9(2)10-6-7-10/h9-10H,5-8,12H2,1-4H3. The third-order valence-corrected chi connectivity index (χ3v) is 3.42. The Morgan fingerprint density at radius 3 is 2.46 bits per heavy atom. The van der Waals surface area contributed by atoms with Gasteiger partial charge in [0.2, 0.25) is 0 Å². The lowest BCUT2D eigenvalue weighted by Crippen LogP contribution is -2.48. The maximum atomic E-state index is 6.13. The van der Waals surface area contributed by atoms with Crippen LogP contribution in [0.2, 0.25) is 0 Å². The first kappa shape index (κ1) is 11.0. The van der Waals surface area contributed by atoms with Crippen molar-refractivity contribution in [3.05, 3.63) is 0 Å². The van der Waals surface area contributed by atoms with Crippen molar-refractivity contribution in [3.63, 3.8) is 0 Å². The third kappa shape index (κ3) is 3.28. The van der Waals surface area contributed by atoms with Crippen molar-refractivity contribution in [3.8, 4) is 0 Å². The second kappa shape index (κ2) is 3.97. The zero-order valence-corrected chi connectivity index (χ0v) is 9.51. The molecule has 1 aliphatic carbocycles. The van der Waals surface area contributed by atoms with Gasteiger partial charge in [0.1, 0.15) is 0 Å². The van der Waals surface area contributed by atoms with Crippen LogP contribution in [0.4, 0.5) is 0 Å². The summed E-state index contributed by atoms with van der Waals surface area (Å²) in [7, 11) is 2.20. The topological polar surface area (TPSA) is 29.3 Å². The van der Waals surface area contributed by atoms with E-state index in [9.17, 15) is 0 Å². The molecule has 2 nitrogen and oxygen atoms in total. The van der Waals surface area contributed by atoms with Gasteiger partial charge in [-0.05, 0) is 46.1 Å². The average molecular weight is 184 g/mol. The molecule has 1 saturated carbocycles. The number of hydrogen-bond acceptors (Lipinski definition) is 2. The summed E-state index contributed by atoms with van der Waals surface area (Å²) in [4.78, 5) is 2.42. The molecule has 0 saturated heterocycles. The second-order valence-electron chi connectivity index (χ2n) is 5.00. The minimum Gasteiger partial charge on any atom is -0.324 e. The minimum atomic E-state index is -0.0160. The van der Waals surface area contributed by atoms with E-state index in [1.165, 1.54) is 12.8 Å². The van der Waals surface area contributed by atoms with Crippen molar-refractivity contribution in [1.82, 2.24) is 4.90 Å². The highest BCUT2D eigenvalue weighted by Crippen LogP contribution is 2.34. The lowest BCUT2D eigenvalue weighted by Gasteiger charge is -2.33. The van der Waals surface area contributed by atoms with E-state index in [0.29, 0.717) is 0 Å². The minimum absolute atomic E-state index is 0.0160. The van der Waals surface area contributed by atoms with Gasteiger partial charge in [-0.3, -0.25) is 0 Å². The Morgan fingerprint density at radius 1 is 1.54 bits per heavy atom.